The van der Waals surface area contributed by atoms with Crippen LogP contribution in [0, 0.1) is 6.92 Å². The number of hydroxylamine groups is 1. The quantitative estimate of drug-likeness (QED) is 0.781. The van der Waals surface area contributed by atoms with Gasteiger partial charge in [-0.25, -0.2) is 15.5 Å². The Morgan fingerprint density at radius 3 is 2.88 bits per heavy atom. The molecular weight excluding hydrogens is 370 g/mol. The Morgan fingerprint density at radius 1 is 1.31 bits per heavy atom. The molecule has 0 amide bonds. The second-order valence-corrected chi connectivity index (χ2v) is 8.23. The van der Waals surface area contributed by atoms with Gasteiger partial charge in [-0.2, -0.15) is 0 Å². The van der Waals surface area contributed by atoms with Crippen molar-refractivity contribution in [3.63, 3.8) is 0 Å². The molecule has 1 aliphatic heterocycles. The maximum absolute atomic E-state index is 6.36. The molecule has 0 saturated heterocycles. The van der Waals surface area contributed by atoms with E-state index in [1.165, 1.54) is 42.0 Å². The molecule has 1 saturated carbocycles. The summed E-state index contributed by atoms with van der Waals surface area (Å²) in [6.45, 7) is 2.90. The van der Waals surface area contributed by atoms with E-state index >= 15 is 0 Å². The number of nitrogens with one attached hydrogen (secondary N) is 1. The van der Waals surface area contributed by atoms with E-state index in [-0.39, 0.29) is 0 Å². The predicted octanol–water partition coefficient (Wildman–Crippen LogP) is 4.97. The fourth-order valence-corrected chi connectivity index (χ4v) is 4.81. The topological polar surface area (TPSA) is 55.7 Å². The second kappa shape index (κ2) is 7.94. The van der Waals surface area contributed by atoms with Crippen molar-refractivity contribution in [3.8, 4) is 5.75 Å². The SMILES string of the molecule is Cc1nc(C2CCCCC2)sc1COc1ccc(C2=NCON2)c(Cl)c1. The summed E-state index contributed by atoms with van der Waals surface area (Å²) in [5.41, 5.74) is 4.64. The van der Waals surface area contributed by atoms with E-state index in [1.54, 1.807) is 11.3 Å². The summed E-state index contributed by atoms with van der Waals surface area (Å²) < 4.78 is 5.97. The molecule has 138 valence electrons. The first-order valence-corrected chi connectivity index (χ1v) is 10.2. The molecule has 2 aliphatic rings. The number of halogens is 1. The van der Waals surface area contributed by atoms with Gasteiger partial charge in [0.2, 0.25) is 0 Å². The normalized spacial score (nSPS) is 17.8. The van der Waals surface area contributed by atoms with Gasteiger partial charge in [0.25, 0.3) is 0 Å². The summed E-state index contributed by atoms with van der Waals surface area (Å²) in [6.07, 6.45) is 6.55. The monoisotopic (exact) mass is 391 g/mol. The molecule has 2 aromatic rings. The maximum Gasteiger partial charge on any atom is 0.167 e. The van der Waals surface area contributed by atoms with Crippen molar-refractivity contribution >= 4 is 28.8 Å². The Balaban J connectivity index is 1.42. The Hall–Kier alpha value is -1.63. The first kappa shape index (κ1) is 17.8. The van der Waals surface area contributed by atoms with Gasteiger partial charge < -0.3 is 4.74 Å². The summed E-state index contributed by atoms with van der Waals surface area (Å²) in [6, 6.07) is 5.62. The Kier molecular flexibility index (Phi) is 5.43. The van der Waals surface area contributed by atoms with E-state index < -0.39 is 0 Å². The highest BCUT2D eigenvalue weighted by Crippen LogP contribution is 2.36. The fourth-order valence-electron chi connectivity index (χ4n) is 3.41. The third-order valence-electron chi connectivity index (χ3n) is 4.89. The van der Waals surface area contributed by atoms with Crippen LogP contribution >= 0.6 is 22.9 Å². The molecular formula is C19H22ClN3O2S. The van der Waals surface area contributed by atoms with Gasteiger partial charge in [0.15, 0.2) is 12.6 Å². The highest BCUT2D eigenvalue weighted by atomic mass is 35.5. The molecule has 1 fully saturated rings. The third kappa shape index (κ3) is 3.87. The number of amidine groups is 1. The van der Waals surface area contributed by atoms with Crippen molar-refractivity contribution in [2.45, 2.75) is 51.6 Å². The van der Waals surface area contributed by atoms with Gasteiger partial charge in [-0.05, 0) is 38.0 Å². The molecule has 7 heteroatoms. The van der Waals surface area contributed by atoms with Crippen LogP contribution in [0.15, 0.2) is 23.2 Å². The van der Waals surface area contributed by atoms with Crippen LogP contribution in [0.25, 0.3) is 0 Å². The number of rotatable bonds is 5. The van der Waals surface area contributed by atoms with Gasteiger partial charge in [0.05, 0.1) is 20.6 Å². The molecule has 1 aliphatic carbocycles. The summed E-state index contributed by atoms with van der Waals surface area (Å²) >= 11 is 8.16. The number of nitrogens with zero attached hydrogens (tertiary/aromatic N) is 2. The van der Waals surface area contributed by atoms with Crippen LogP contribution in [0.1, 0.15) is 59.2 Å². The van der Waals surface area contributed by atoms with Gasteiger partial charge in [0.1, 0.15) is 12.4 Å². The molecule has 0 bridgehead atoms. The highest BCUT2D eigenvalue weighted by molar-refractivity contribution is 7.11. The standard InChI is InChI=1S/C19H22ClN3O2S/c1-12-17(26-19(22-12)13-5-3-2-4-6-13)10-24-14-7-8-15(16(20)9-14)18-21-11-25-23-18/h7-9,13H,2-6,10-11H2,1H3,(H,21,23). The van der Waals surface area contributed by atoms with E-state index in [4.69, 9.17) is 26.2 Å². The van der Waals surface area contributed by atoms with Crippen LogP contribution in [-0.4, -0.2) is 17.6 Å². The Labute approximate surface area is 162 Å². The number of thiazole rings is 1. The first-order chi connectivity index (χ1) is 12.7. The molecule has 2 heterocycles. The average Bonchev–Trinajstić information content (AvgIpc) is 3.31. The smallest absolute Gasteiger partial charge is 0.167 e. The molecule has 4 rings (SSSR count). The van der Waals surface area contributed by atoms with Crippen molar-refractivity contribution in [3.05, 3.63) is 44.4 Å². The third-order valence-corrected chi connectivity index (χ3v) is 6.49. The minimum atomic E-state index is 0.303. The Bertz CT molecular complexity index is 815. The molecule has 0 atom stereocenters. The van der Waals surface area contributed by atoms with Gasteiger partial charge in [0, 0.05) is 11.5 Å². The van der Waals surface area contributed by atoms with Crippen molar-refractivity contribution in [2.24, 2.45) is 4.99 Å². The fraction of sp³-hybridized carbons (Fsp3) is 0.474. The zero-order chi connectivity index (χ0) is 17.9. The molecule has 0 spiro atoms. The van der Waals surface area contributed by atoms with Crippen LogP contribution in [0.2, 0.25) is 5.02 Å². The van der Waals surface area contributed by atoms with Crippen LogP contribution < -0.4 is 10.2 Å². The molecule has 5 nitrogen and oxygen atoms in total. The Morgan fingerprint density at radius 2 is 2.15 bits per heavy atom. The van der Waals surface area contributed by atoms with Crippen molar-refractivity contribution in [2.75, 3.05) is 6.73 Å². The van der Waals surface area contributed by atoms with Crippen LogP contribution in [-0.2, 0) is 11.4 Å². The number of ether oxygens (including phenoxy) is 1. The molecule has 1 aromatic carbocycles. The first-order valence-electron chi connectivity index (χ1n) is 9.02. The summed E-state index contributed by atoms with van der Waals surface area (Å²) in [5, 5.41) is 1.86. The number of hydrogen-bond acceptors (Lipinski definition) is 6. The lowest BCUT2D eigenvalue weighted by Gasteiger charge is -2.18. The summed E-state index contributed by atoms with van der Waals surface area (Å²) in [4.78, 5) is 15.2. The van der Waals surface area contributed by atoms with Crippen molar-refractivity contribution < 1.29 is 9.57 Å². The highest BCUT2D eigenvalue weighted by Gasteiger charge is 2.20. The number of hydrogen-bond donors (Lipinski definition) is 1. The van der Waals surface area contributed by atoms with Crippen molar-refractivity contribution in [1.29, 1.82) is 0 Å². The number of aromatic nitrogens is 1. The molecule has 26 heavy (non-hydrogen) atoms. The zero-order valence-electron chi connectivity index (χ0n) is 14.8. The van der Waals surface area contributed by atoms with E-state index in [0.717, 1.165) is 17.0 Å². The lowest BCUT2D eigenvalue weighted by atomic mass is 9.90. The maximum atomic E-state index is 6.36. The average molecular weight is 392 g/mol. The largest absolute Gasteiger partial charge is 0.488 e. The summed E-state index contributed by atoms with van der Waals surface area (Å²) in [7, 11) is 0. The molecule has 1 aromatic heterocycles. The number of benzene rings is 1. The minimum Gasteiger partial charge on any atom is -0.488 e. The predicted molar refractivity (Wildman–Crippen MR) is 104 cm³/mol. The van der Waals surface area contributed by atoms with Crippen LogP contribution in [0.4, 0.5) is 0 Å². The van der Waals surface area contributed by atoms with Gasteiger partial charge in [-0.3, -0.25) is 4.84 Å². The van der Waals surface area contributed by atoms with Crippen LogP contribution in [0.3, 0.4) is 0 Å². The van der Waals surface area contributed by atoms with E-state index in [2.05, 4.69) is 17.4 Å². The molecule has 1 N–H and O–H groups in total. The lowest BCUT2D eigenvalue weighted by molar-refractivity contribution is 0.115. The lowest BCUT2D eigenvalue weighted by Crippen LogP contribution is -2.18. The van der Waals surface area contributed by atoms with Gasteiger partial charge in [-0.1, -0.05) is 30.9 Å². The van der Waals surface area contributed by atoms with E-state index in [1.807, 2.05) is 18.2 Å². The van der Waals surface area contributed by atoms with Crippen LogP contribution in [0.5, 0.6) is 5.75 Å². The van der Waals surface area contributed by atoms with E-state index in [0.29, 0.717) is 30.1 Å². The summed E-state index contributed by atoms with van der Waals surface area (Å²) in [5.74, 6) is 2.03. The second-order valence-electron chi connectivity index (χ2n) is 6.71. The van der Waals surface area contributed by atoms with E-state index in [9.17, 15) is 0 Å². The van der Waals surface area contributed by atoms with Crippen molar-refractivity contribution in [1.82, 2.24) is 10.5 Å². The van der Waals surface area contributed by atoms with Gasteiger partial charge >= 0.3 is 0 Å². The number of aryl methyl sites for hydroxylation is 1. The molecule has 0 radical (unpaired) electrons. The van der Waals surface area contributed by atoms with Gasteiger partial charge in [-0.15, -0.1) is 11.3 Å². The minimum absolute atomic E-state index is 0.303. The zero-order valence-corrected chi connectivity index (χ0v) is 16.3. The number of aliphatic imine (C=N–C) groups is 1. The molecule has 0 unspecified atom stereocenters.